The predicted molar refractivity (Wildman–Crippen MR) is 516 cm³/mol. The lowest BCUT2D eigenvalue weighted by atomic mass is 10.3. The Hall–Kier alpha value is 0.752. The van der Waals surface area contributed by atoms with Gasteiger partial charge in [-0.15, -0.1) is 0 Å². The van der Waals surface area contributed by atoms with Crippen LogP contribution in [0.1, 0.15) is 240 Å². The van der Waals surface area contributed by atoms with Crippen molar-refractivity contribution in [3.8, 4) is 0 Å². The lowest BCUT2D eigenvalue weighted by Crippen LogP contribution is -2.48. The Balaban J connectivity index is -0.00000179. The first-order valence-electron chi connectivity index (χ1n) is 48.4. The van der Waals surface area contributed by atoms with Gasteiger partial charge in [0.1, 0.15) is 0 Å². The molecule has 0 aromatic carbocycles. The average Bonchev–Trinajstić information content (AvgIpc) is 0.876. The van der Waals surface area contributed by atoms with Gasteiger partial charge in [0.2, 0.25) is 0 Å². The highest BCUT2D eigenvalue weighted by Gasteiger charge is 2.46. The highest BCUT2D eigenvalue weighted by molar-refractivity contribution is 6.62. The van der Waals surface area contributed by atoms with Crippen molar-refractivity contribution in [2.75, 3.05) is 240 Å². The molecule has 0 bridgehead atoms. The molecule has 0 aliphatic heterocycles. The van der Waals surface area contributed by atoms with Gasteiger partial charge in [-0.2, -0.15) is 0 Å². The van der Waals surface area contributed by atoms with E-state index in [9.17, 15) is 0 Å². The molecule has 744 valence electrons. The predicted octanol–water partition coefficient (Wildman–Crippen LogP) is 14.6. The molecule has 39 heteroatoms. The van der Waals surface area contributed by atoms with Crippen molar-refractivity contribution in [3.63, 3.8) is 0 Å². The fraction of sp³-hybridized carbons (Fsp3) is 1.00. The van der Waals surface area contributed by atoms with E-state index < -0.39 is 82.1 Å². The Morgan fingerprint density at radius 2 is 0.350 bits per heavy atom. The van der Waals surface area contributed by atoms with Gasteiger partial charge in [0.25, 0.3) is 0 Å². The van der Waals surface area contributed by atoms with Gasteiger partial charge < -0.3 is 136 Å². The minimum atomic E-state index is -2.77. The van der Waals surface area contributed by atoms with E-state index in [0.29, 0.717) is 139 Å². The maximum atomic E-state index is 6.43. The summed E-state index contributed by atoms with van der Waals surface area (Å²) in [6.45, 7) is 58.9. The van der Waals surface area contributed by atoms with Gasteiger partial charge in [0.05, 0.1) is 19.8 Å². The van der Waals surface area contributed by atoms with Crippen molar-refractivity contribution in [2.45, 2.75) is 313 Å². The Kier molecular flexibility index (Phi) is 94.2. The van der Waals surface area contributed by atoms with E-state index in [4.69, 9.17) is 121 Å². The van der Waals surface area contributed by atoms with Crippen LogP contribution in [0.5, 0.6) is 0 Å². The van der Waals surface area contributed by atoms with Gasteiger partial charge in [-0.1, -0.05) is 62.3 Å². The van der Waals surface area contributed by atoms with E-state index in [0.717, 1.165) is 229 Å². The standard InChI is InChI=1S/C36H81NO9Si3.C27H63NO9Si3.C21H51NO9Si3/c1-10-25-38-47(39-26-11-2,40-27-12-3)34-19-22-37(23-20-35-48(41-28-13-4,42-29-14-5)43-30-15-6)24-21-36-49(44-31-16-7,45-32-17-8)46-33-18-9;1-10-29-38(30-11-2,31-12-3)25-19-22-28(23-20-26-39(32-13-4,33-14-5)34-15-6)24-21-27-40(35-16-7,36-17-8)37-18-9;1-23-16-19(26-4)29-32-13-7-10-22(11-8-14-33-30-20(27-5)17-24-2)12-9-15-34-31-21(28-6)18-25-3/h10-36H2,1-9H3;10-27H2,1-9H3;19-21H,7-18,32-34H2,1-6H3. The molecule has 0 aromatic rings. The van der Waals surface area contributed by atoms with Crippen LogP contribution in [0.2, 0.25) is 54.4 Å². The van der Waals surface area contributed by atoms with Crippen molar-refractivity contribution in [1.29, 1.82) is 0 Å². The van der Waals surface area contributed by atoms with Crippen LogP contribution < -0.4 is 0 Å². The third kappa shape index (κ3) is 67.6. The molecule has 0 saturated carbocycles. The molecule has 0 N–H and O–H groups in total. The quantitative estimate of drug-likeness (QED) is 0.0311. The molecule has 0 fully saturated rings. The normalized spacial score (nSPS) is 13.7. The Bertz CT molecular complexity index is 1820. The zero-order valence-electron chi connectivity index (χ0n) is 83.5. The lowest BCUT2D eigenvalue weighted by molar-refractivity contribution is -0.0929. The molecule has 3 unspecified atom stereocenters. The molecule has 30 nitrogen and oxygen atoms in total. The Morgan fingerprint density at radius 3 is 0.480 bits per heavy atom. The molecule has 3 atom stereocenters. The minimum absolute atomic E-state index is 0.231. The number of hydrogen-bond acceptors (Lipinski definition) is 30. The summed E-state index contributed by atoms with van der Waals surface area (Å²) in [6.07, 6.45) is 16.9. The van der Waals surface area contributed by atoms with Gasteiger partial charge in [-0.25, -0.2) is 0 Å². The second kappa shape index (κ2) is 90.6. The van der Waals surface area contributed by atoms with Crippen molar-refractivity contribution in [3.05, 3.63) is 0 Å². The van der Waals surface area contributed by atoms with Crippen LogP contribution >= 0.6 is 0 Å². The first-order chi connectivity index (χ1) is 59.8. The Labute approximate surface area is 767 Å². The highest BCUT2D eigenvalue weighted by Crippen LogP contribution is 2.28. The van der Waals surface area contributed by atoms with Crippen LogP contribution in [0, 0.1) is 0 Å². The lowest BCUT2D eigenvalue weighted by Gasteiger charge is -2.33. The van der Waals surface area contributed by atoms with Crippen LogP contribution in [-0.4, -0.2) is 356 Å². The molecular weight excluding hydrogens is 1740 g/mol. The molecule has 0 rings (SSSR count). The Morgan fingerprint density at radius 1 is 0.203 bits per heavy atom. The molecule has 0 saturated heterocycles. The third-order valence-electron chi connectivity index (χ3n) is 19.0. The van der Waals surface area contributed by atoms with Gasteiger partial charge >= 0.3 is 52.8 Å². The van der Waals surface area contributed by atoms with Gasteiger partial charge in [-0.3, -0.25) is 0 Å². The zero-order chi connectivity index (χ0) is 92.0. The first-order valence-corrected chi connectivity index (χ1v) is 64.7. The van der Waals surface area contributed by atoms with Crippen molar-refractivity contribution in [2.24, 2.45) is 0 Å². The molecule has 0 heterocycles. The first kappa shape index (κ1) is 128. The molecule has 0 aliphatic rings. The average molecular weight is 1930 g/mol. The second-order valence-electron chi connectivity index (χ2n) is 29.9. The van der Waals surface area contributed by atoms with Crippen LogP contribution in [0.4, 0.5) is 0 Å². The second-order valence-corrected chi connectivity index (χ2v) is 50.6. The van der Waals surface area contributed by atoms with Crippen molar-refractivity contribution in [1.82, 2.24) is 14.7 Å². The number of methoxy groups -OCH3 is 6. The summed E-state index contributed by atoms with van der Waals surface area (Å²) in [5.41, 5.74) is 0. The van der Waals surface area contributed by atoms with Gasteiger partial charge in [0, 0.05) is 198 Å². The van der Waals surface area contributed by atoms with E-state index in [1.807, 2.05) is 62.3 Å². The van der Waals surface area contributed by atoms with Crippen molar-refractivity contribution >= 4 is 82.1 Å². The fourth-order valence-electron chi connectivity index (χ4n) is 13.4. The molecule has 0 spiro atoms. The SMILES string of the molecule is CCCO[Si](CCCN(CCC[Si](OCCC)(OCCC)OCCC)CCC[Si](OCCC)(OCCC)OCCC)(OCCC)OCCC.CCO[Si](CCCN(CCC[Si](OCC)(OCC)OCC)CCC[Si](OCC)(OCC)OCC)(OCC)OCC.COCC(OC)O[SiH2]CCCN(CCC[SiH2]OC(COC)OC)CCC[SiH2]OC(COC)OC. The molecular formula is C84H195N3O27Si9. The number of rotatable bonds is 96. The van der Waals surface area contributed by atoms with Crippen LogP contribution in [0.15, 0.2) is 0 Å². The van der Waals surface area contributed by atoms with Crippen molar-refractivity contribution < 1.29 is 121 Å². The van der Waals surface area contributed by atoms with Gasteiger partial charge in [0.15, 0.2) is 48.2 Å². The number of hydrogen-bond donors (Lipinski definition) is 0. The van der Waals surface area contributed by atoms with E-state index in [1.54, 1.807) is 42.7 Å². The topological polar surface area (TPSA) is 259 Å². The van der Waals surface area contributed by atoms with Crippen LogP contribution in [0.25, 0.3) is 0 Å². The monoisotopic (exact) mass is 1930 g/mol. The van der Waals surface area contributed by atoms with E-state index in [1.165, 1.54) is 0 Å². The fourth-order valence-corrected chi connectivity index (χ4v) is 32.9. The van der Waals surface area contributed by atoms with Crippen LogP contribution in [0.3, 0.4) is 0 Å². The smallest absolute Gasteiger partial charge is 0.398 e. The molecule has 123 heavy (non-hydrogen) atoms. The van der Waals surface area contributed by atoms with E-state index in [-0.39, 0.29) is 18.9 Å². The molecule has 0 radical (unpaired) electrons. The summed E-state index contributed by atoms with van der Waals surface area (Å²) in [5.74, 6) is 0. The number of ether oxygens (including phenoxy) is 6. The summed E-state index contributed by atoms with van der Waals surface area (Å²) in [4.78, 5) is 7.66. The largest absolute Gasteiger partial charge is 0.501 e. The maximum absolute atomic E-state index is 6.43. The summed E-state index contributed by atoms with van der Waals surface area (Å²) in [5, 5.41) is 0. The molecule has 0 aromatic heterocycles. The summed E-state index contributed by atoms with van der Waals surface area (Å²) in [7, 11) is -8.21. The molecule has 0 amide bonds. The van der Waals surface area contributed by atoms with Gasteiger partial charge in [-0.05, 0) is 255 Å². The summed E-state index contributed by atoms with van der Waals surface area (Å²) in [6, 6.07) is 8.24. The summed E-state index contributed by atoms with van der Waals surface area (Å²) >= 11 is 0. The summed E-state index contributed by atoms with van der Waals surface area (Å²) < 4.78 is 161. The van der Waals surface area contributed by atoms with E-state index >= 15 is 0 Å². The number of nitrogens with zero attached hydrogens (tertiary/aromatic N) is 3. The van der Waals surface area contributed by atoms with Crippen LogP contribution in [-0.2, 0) is 121 Å². The van der Waals surface area contributed by atoms with E-state index in [2.05, 4.69) is 77.0 Å². The third-order valence-corrected chi connectivity index (χ3v) is 41.3. The highest BCUT2D eigenvalue weighted by atomic mass is 28.4. The maximum Gasteiger partial charge on any atom is 0.501 e. The minimum Gasteiger partial charge on any atom is -0.398 e. The zero-order valence-corrected chi connectivity index (χ0v) is 93.8. The molecule has 0 aliphatic carbocycles.